The summed E-state index contributed by atoms with van der Waals surface area (Å²) in [5.41, 5.74) is 2.37. The average Bonchev–Trinajstić information content (AvgIpc) is 3.34. The number of likely N-dealkylation sites (tertiary alicyclic amines) is 1. The van der Waals surface area contributed by atoms with E-state index in [9.17, 15) is 4.79 Å². The van der Waals surface area contributed by atoms with Gasteiger partial charge in [-0.25, -0.2) is 9.97 Å². The van der Waals surface area contributed by atoms with E-state index in [2.05, 4.69) is 28.8 Å². The number of amides is 1. The molecule has 0 aromatic carbocycles. The zero-order valence-electron chi connectivity index (χ0n) is 17.7. The Morgan fingerprint density at radius 1 is 1.27 bits per heavy atom. The molecule has 1 spiro atoms. The van der Waals surface area contributed by atoms with Crippen molar-refractivity contribution < 1.29 is 14.3 Å². The maximum absolute atomic E-state index is 13.0. The molecule has 2 aromatic heterocycles. The molecule has 3 aliphatic rings. The fourth-order valence-electron chi connectivity index (χ4n) is 4.98. The van der Waals surface area contributed by atoms with E-state index in [1.165, 1.54) is 0 Å². The summed E-state index contributed by atoms with van der Waals surface area (Å²) >= 11 is 0. The van der Waals surface area contributed by atoms with Crippen molar-refractivity contribution in [2.24, 2.45) is 7.05 Å². The van der Waals surface area contributed by atoms with Gasteiger partial charge in [0.05, 0.1) is 36.5 Å². The summed E-state index contributed by atoms with van der Waals surface area (Å²) in [6.45, 7) is 8.07. The molecule has 9 heteroatoms. The second-order valence-electron chi connectivity index (χ2n) is 8.80. The molecule has 0 aliphatic carbocycles. The van der Waals surface area contributed by atoms with Crippen LogP contribution in [0, 0.1) is 0 Å². The van der Waals surface area contributed by atoms with Crippen LogP contribution in [0.15, 0.2) is 18.5 Å². The van der Waals surface area contributed by atoms with Gasteiger partial charge in [-0.1, -0.05) is 0 Å². The van der Waals surface area contributed by atoms with Gasteiger partial charge in [0, 0.05) is 51.2 Å². The van der Waals surface area contributed by atoms with E-state index < -0.39 is 0 Å². The maximum atomic E-state index is 13.0. The Balaban J connectivity index is 1.43. The van der Waals surface area contributed by atoms with Crippen molar-refractivity contribution in [3.05, 3.63) is 35.4 Å². The Morgan fingerprint density at radius 2 is 2.07 bits per heavy atom. The molecule has 3 atom stereocenters. The van der Waals surface area contributed by atoms with Gasteiger partial charge in [0.25, 0.3) is 5.91 Å². The maximum Gasteiger partial charge on any atom is 0.272 e. The molecule has 0 saturated carbocycles. The molecule has 0 radical (unpaired) electrons. The molecule has 160 valence electrons. The van der Waals surface area contributed by atoms with E-state index in [4.69, 9.17) is 14.5 Å². The zero-order valence-corrected chi connectivity index (χ0v) is 17.7. The topological polar surface area (TPSA) is 85.6 Å². The van der Waals surface area contributed by atoms with E-state index in [0.717, 1.165) is 36.7 Å². The molecule has 30 heavy (non-hydrogen) atoms. The van der Waals surface area contributed by atoms with Gasteiger partial charge in [0.15, 0.2) is 0 Å². The molecule has 5 rings (SSSR count). The monoisotopic (exact) mass is 412 g/mol. The summed E-state index contributed by atoms with van der Waals surface area (Å²) < 4.78 is 13.4. The van der Waals surface area contributed by atoms with Gasteiger partial charge < -0.3 is 19.3 Å². The predicted octanol–water partition coefficient (Wildman–Crippen LogP) is 1.14. The van der Waals surface area contributed by atoms with Gasteiger partial charge in [-0.15, -0.1) is 0 Å². The number of nitrogens with zero attached hydrogens (tertiary/aromatic N) is 6. The van der Waals surface area contributed by atoms with Crippen molar-refractivity contribution in [1.29, 1.82) is 0 Å². The number of carbonyl (C=O) groups is 1. The number of aromatic nitrogens is 4. The lowest BCUT2D eigenvalue weighted by Crippen LogP contribution is -2.47. The Labute approximate surface area is 176 Å². The largest absolute Gasteiger partial charge is 0.376 e. The van der Waals surface area contributed by atoms with Gasteiger partial charge in [0.2, 0.25) is 5.95 Å². The van der Waals surface area contributed by atoms with Gasteiger partial charge in [-0.05, 0) is 26.3 Å². The summed E-state index contributed by atoms with van der Waals surface area (Å²) in [7, 11) is 1.79. The van der Waals surface area contributed by atoms with E-state index >= 15 is 0 Å². The Hall–Kier alpha value is -2.52. The minimum Gasteiger partial charge on any atom is -0.376 e. The number of rotatable bonds is 2. The van der Waals surface area contributed by atoms with Crippen molar-refractivity contribution >= 4 is 11.9 Å². The molecule has 2 aromatic rings. The molecular weight excluding hydrogens is 384 g/mol. The number of hydrogen-bond donors (Lipinski definition) is 0. The molecule has 0 N–H and O–H groups in total. The number of anilines is 1. The van der Waals surface area contributed by atoms with Crippen LogP contribution in [-0.2, 0) is 28.5 Å². The third kappa shape index (κ3) is 3.26. The van der Waals surface area contributed by atoms with E-state index in [1.54, 1.807) is 24.0 Å². The Bertz CT molecular complexity index is 952. The van der Waals surface area contributed by atoms with Crippen LogP contribution < -0.4 is 4.90 Å². The molecular formula is C21H28N6O3. The SMILES string of the molecule is CC1CN(c2ncc3c(n2)C2(CCN(C(=O)c4ccnn4C)C2)COC3)CC(C)O1. The van der Waals surface area contributed by atoms with Crippen molar-refractivity contribution in [1.82, 2.24) is 24.6 Å². The van der Waals surface area contributed by atoms with Crippen LogP contribution in [0.2, 0.25) is 0 Å². The Morgan fingerprint density at radius 3 is 2.80 bits per heavy atom. The second kappa shape index (κ2) is 7.31. The van der Waals surface area contributed by atoms with Gasteiger partial charge in [-0.3, -0.25) is 9.48 Å². The highest BCUT2D eigenvalue weighted by atomic mass is 16.5. The summed E-state index contributed by atoms with van der Waals surface area (Å²) in [4.78, 5) is 26.8. The Kier molecular flexibility index (Phi) is 4.74. The summed E-state index contributed by atoms with van der Waals surface area (Å²) in [6.07, 6.45) is 4.67. The average molecular weight is 412 g/mol. The lowest BCUT2D eigenvalue weighted by Gasteiger charge is -2.38. The fraction of sp³-hybridized carbons (Fsp3) is 0.619. The van der Waals surface area contributed by atoms with E-state index in [1.807, 2.05) is 11.1 Å². The van der Waals surface area contributed by atoms with Crippen LogP contribution >= 0.6 is 0 Å². The molecule has 3 aliphatic heterocycles. The highest BCUT2D eigenvalue weighted by Gasteiger charge is 2.47. The highest BCUT2D eigenvalue weighted by molar-refractivity contribution is 5.92. The van der Waals surface area contributed by atoms with Crippen molar-refractivity contribution in [2.45, 2.75) is 44.5 Å². The third-order valence-electron chi connectivity index (χ3n) is 6.37. The van der Waals surface area contributed by atoms with Gasteiger partial charge in [-0.2, -0.15) is 5.10 Å². The lowest BCUT2D eigenvalue weighted by molar-refractivity contribution is -0.00584. The molecule has 0 bridgehead atoms. The molecule has 2 saturated heterocycles. The lowest BCUT2D eigenvalue weighted by atomic mass is 9.80. The number of ether oxygens (including phenoxy) is 2. The van der Waals surface area contributed by atoms with Crippen LogP contribution in [0.3, 0.4) is 0 Å². The van der Waals surface area contributed by atoms with Crippen LogP contribution in [0.4, 0.5) is 5.95 Å². The zero-order chi connectivity index (χ0) is 20.9. The highest BCUT2D eigenvalue weighted by Crippen LogP contribution is 2.40. The first-order valence-electron chi connectivity index (χ1n) is 10.6. The number of morpholine rings is 1. The first-order valence-corrected chi connectivity index (χ1v) is 10.6. The quantitative estimate of drug-likeness (QED) is 0.731. The van der Waals surface area contributed by atoms with Crippen LogP contribution in [-0.4, -0.2) is 75.5 Å². The van der Waals surface area contributed by atoms with E-state index in [0.29, 0.717) is 32.0 Å². The molecule has 2 fully saturated rings. The first kappa shape index (κ1) is 19.4. The van der Waals surface area contributed by atoms with Crippen molar-refractivity contribution in [3.63, 3.8) is 0 Å². The standard InChI is InChI=1S/C21H28N6O3/c1-14-9-27(10-15(2)30-14)20-22-8-16-11-29-13-21(18(16)24-20)5-7-26(12-21)19(28)17-4-6-23-25(17)3/h4,6,8,14-15H,5,7,9-13H2,1-3H3. The van der Waals surface area contributed by atoms with Crippen LogP contribution in [0.25, 0.3) is 0 Å². The number of fused-ring (bicyclic) bond motifs is 2. The van der Waals surface area contributed by atoms with Crippen molar-refractivity contribution in [2.75, 3.05) is 37.7 Å². The predicted molar refractivity (Wildman–Crippen MR) is 109 cm³/mol. The van der Waals surface area contributed by atoms with Gasteiger partial charge in [0.1, 0.15) is 5.69 Å². The fourth-order valence-corrected chi connectivity index (χ4v) is 4.98. The minimum atomic E-state index is -0.289. The summed E-state index contributed by atoms with van der Waals surface area (Å²) in [5, 5.41) is 4.13. The molecule has 1 amide bonds. The molecule has 9 nitrogen and oxygen atoms in total. The van der Waals surface area contributed by atoms with E-state index in [-0.39, 0.29) is 23.5 Å². The number of carbonyl (C=O) groups excluding carboxylic acids is 1. The second-order valence-corrected chi connectivity index (χ2v) is 8.80. The third-order valence-corrected chi connectivity index (χ3v) is 6.37. The van der Waals surface area contributed by atoms with Crippen LogP contribution in [0.5, 0.6) is 0 Å². The molecule has 3 unspecified atom stereocenters. The number of aryl methyl sites for hydroxylation is 1. The first-order chi connectivity index (χ1) is 14.4. The number of hydrogen-bond acceptors (Lipinski definition) is 7. The minimum absolute atomic E-state index is 0.00380. The normalized spacial score (nSPS) is 28.8. The van der Waals surface area contributed by atoms with Crippen LogP contribution in [0.1, 0.15) is 42.0 Å². The summed E-state index contributed by atoms with van der Waals surface area (Å²) in [5.74, 6) is 0.748. The smallest absolute Gasteiger partial charge is 0.272 e. The van der Waals surface area contributed by atoms with Gasteiger partial charge >= 0.3 is 0 Å². The molecule has 5 heterocycles. The summed E-state index contributed by atoms with van der Waals surface area (Å²) in [6, 6.07) is 1.76. The van der Waals surface area contributed by atoms with Crippen molar-refractivity contribution in [3.8, 4) is 0 Å².